The zero-order valence-corrected chi connectivity index (χ0v) is 11.6. The van der Waals surface area contributed by atoms with Crippen molar-refractivity contribution in [3.63, 3.8) is 0 Å². The minimum absolute atomic E-state index is 0.0112. The van der Waals surface area contributed by atoms with E-state index < -0.39 is 0 Å². The Morgan fingerprint density at radius 3 is 2.35 bits per heavy atom. The molecule has 0 saturated heterocycles. The third kappa shape index (κ3) is 3.48. The van der Waals surface area contributed by atoms with Crippen molar-refractivity contribution in [3.8, 4) is 11.5 Å². The largest absolute Gasteiger partial charge is 0.493 e. The van der Waals surface area contributed by atoms with E-state index in [-0.39, 0.29) is 6.61 Å². The second kappa shape index (κ2) is 6.91. The monoisotopic (exact) mass is 278 g/mol. The average molecular weight is 278 g/mol. The van der Waals surface area contributed by atoms with E-state index in [4.69, 9.17) is 19.0 Å². The highest BCUT2D eigenvalue weighted by atomic mass is 16.5. The molecule has 20 heavy (non-hydrogen) atoms. The predicted octanol–water partition coefficient (Wildman–Crippen LogP) is 1.41. The molecule has 108 valence electrons. The fourth-order valence-electron chi connectivity index (χ4n) is 1.87. The summed E-state index contributed by atoms with van der Waals surface area (Å²) in [6, 6.07) is 5.79. The molecule has 0 aliphatic rings. The van der Waals surface area contributed by atoms with Gasteiger partial charge in [-0.05, 0) is 24.1 Å². The lowest BCUT2D eigenvalue weighted by atomic mass is 10.1. The number of hydrogen-bond donors (Lipinski definition) is 1. The number of methoxy groups -OCH3 is 2. The number of hydrogen-bond acceptors (Lipinski definition) is 6. The minimum Gasteiger partial charge on any atom is -0.493 e. The van der Waals surface area contributed by atoms with Crippen LogP contribution in [0.5, 0.6) is 11.5 Å². The van der Waals surface area contributed by atoms with Gasteiger partial charge in [0.25, 0.3) is 0 Å². The van der Waals surface area contributed by atoms with Gasteiger partial charge < -0.3 is 19.0 Å². The first kappa shape index (κ1) is 14.3. The van der Waals surface area contributed by atoms with Gasteiger partial charge in [0, 0.05) is 12.8 Å². The van der Waals surface area contributed by atoms with Gasteiger partial charge in [-0.1, -0.05) is 6.07 Å². The van der Waals surface area contributed by atoms with Crippen LogP contribution in [0.4, 0.5) is 0 Å². The standard InChI is InChI=1S/C14H18N2O4/c1-18-11-5-3-10(9-12(11)19-2)4-6-13-15-16-14(20-13)7-8-17/h3,5,9,17H,4,6-8H2,1-2H3. The number of rotatable bonds is 7. The number of aliphatic hydroxyl groups is 1. The maximum absolute atomic E-state index is 8.79. The summed E-state index contributed by atoms with van der Waals surface area (Å²) in [5, 5.41) is 16.6. The van der Waals surface area contributed by atoms with Crippen LogP contribution in [0, 0.1) is 0 Å². The molecule has 6 heteroatoms. The van der Waals surface area contributed by atoms with Crippen molar-refractivity contribution in [1.82, 2.24) is 10.2 Å². The van der Waals surface area contributed by atoms with E-state index in [0.29, 0.717) is 36.1 Å². The average Bonchev–Trinajstić information content (AvgIpc) is 2.93. The smallest absolute Gasteiger partial charge is 0.218 e. The van der Waals surface area contributed by atoms with Gasteiger partial charge in [-0.3, -0.25) is 0 Å². The normalized spacial score (nSPS) is 10.6. The molecule has 0 radical (unpaired) electrons. The van der Waals surface area contributed by atoms with Crippen LogP contribution in [0.1, 0.15) is 17.3 Å². The summed E-state index contributed by atoms with van der Waals surface area (Å²) in [5.41, 5.74) is 1.10. The molecule has 2 rings (SSSR count). The Bertz CT molecular complexity index is 554. The highest BCUT2D eigenvalue weighted by Gasteiger charge is 2.08. The Balaban J connectivity index is 1.99. The first-order chi connectivity index (χ1) is 9.76. The molecule has 0 atom stereocenters. The highest BCUT2D eigenvalue weighted by molar-refractivity contribution is 5.42. The number of benzene rings is 1. The van der Waals surface area contributed by atoms with Crippen molar-refractivity contribution in [1.29, 1.82) is 0 Å². The quantitative estimate of drug-likeness (QED) is 0.825. The minimum atomic E-state index is 0.0112. The van der Waals surface area contributed by atoms with Gasteiger partial charge in [-0.2, -0.15) is 0 Å². The van der Waals surface area contributed by atoms with E-state index in [1.807, 2.05) is 18.2 Å². The fourth-order valence-corrected chi connectivity index (χ4v) is 1.87. The van der Waals surface area contributed by atoms with Crippen molar-refractivity contribution in [2.24, 2.45) is 0 Å². The zero-order valence-electron chi connectivity index (χ0n) is 11.6. The van der Waals surface area contributed by atoms with Crippen LogP contribution < -0.4 is 9.47 Å². The van der Waals surface area contributed by atoms with E-state index in [2.05, 4.69) is 10.2 Å². The maximum Gasteiger partial charge on any atom is 0.218 e. The van der Waals surface area contributed by atoms with E-state index in [0.717, 1.165) is 12.0 Å². The van der Waals surface area contributed by atoms with Gasteiger partial charge in [-0.25, -0.2) is 0 Å². The third-order valence-corrected chi connectivity index (χ3v) is 2.91. The summed E-state index contributed by atoms with van der Waals surface area (Å²) in [4.78, 5) is 0. The lowest BCUT2D eigenvalue weighted by Gasteiger charge is -2.08. The molecule has 1 heterocycles. The predicted molar refractivity (Wildman–Crippen MR) is 72.0 cm³/mol. The summed E-state index contributed by atoms with van der Waals surface area (Å²) in [7, 11) is 3.22. The van der Waals surface area contributed by atoms with E-state index in [9.17, 15) is 0 Å². The van der Waals surface area contributed by atoms with Crippen LogP contribution in [0.3, 0.4) is 0 Å². The summed E-state index contributed by atoms with van der Waals surface area (Å²) in [6.07, 6.45) is 1.80. The molecule has 1 aromatic heterocycles. The SMILES string of the molecule is COc1ccc(CCc2nnc(CCO)o2)cc1OC. The topological polar surface area (TPSA) is 77.6 Å². The van der Waals surface area contributed by atoms with Gasteiger partial charge in [0.2, 0.25) is 11.8 Å². The lowest BCUT2D eigenvalue weighted by Crippen LogP contribution is -1.95. The van der Waals surface area contributed by atoms with Gasteiger partial charge >= 0.3 is 0 Å². The van der Waals surface area contributed by atoms with Gasteiger partial charge in [0.1, 0.15) is 0 Å². The zero-order chi connectivity index (χ0) is 14.4. The van der Waals surface area contributed by atoms with Crippen molar-refractivity contribution in [3.05, 3.63) is 35.5 Å². The molecule has 1 aromatic carbocycles. The van der Waals surface area contributed by atoms with Crippen LogP contribution >= 0.6 is 0 Å². The Kier molecular flexibility index (Phi) is 4.95. The second-order valence-corrected chi connectivity index (χ2v) is 4.25. The summed E-state index contributed by atoms with van der Waals surface area (Å²) in [5.74, 6) is 2.45. The van der Waals surface area contributed by atoms with Crippen molar-refractivity contribution in [2.75, 3.05) is 20.8 Å². The van der Waals surface area contributed by atoms with Gasteiger partial charge in [0.15, 0.2) is 11.5 Å². The molecule has 0 saturated carbocycles. The molecular formula is C14H18N2O4. The Morgan fingerprint density at radius 1 is 1.00 bits per heavy atom. The van der Waals surface area contributed by atoms with E-state index >= 15 is 0 Å². The number of ether oxygens (including phenoxy) is 2. The molecule has 0 aliphatic carbocycles. The summed E-state index contributed by atoms with van der Waals surface area (Å²) in [6.45, 7) is 0.0112. The molecular weight excluding hydrogens is 260 g/mol. The molecule has 0 amide bonds. The maximum atomic E-state index is 8.79. The first-order valence-electron chi connectivity index (χ1n) is 6.40. The number of aliphatic hydroxyl groups excluding tert-OH is 1. The second-order valence-electron chi connectivity index (χ2n) is 4.25. The first-order valence-corrected chi connectivity index (χ1v) is 6.40. The molecule has 2 aromatic rings. The third-order valence-electron chi connectivity index (χ3n) is 2.91. The number of aromatic nitrogens is 2. The molecule has 0 fully saturated rings. The molecule has 1 N–H and O–H groups in total. The fraction of sp³-hybridized carbons (Fsp3) is 0.429. The van der Waals surface area contributed by atoms with Crippen LogP contribution in [-0.2, 0) is 19.3 Å². The van der Waals surface area contributed by atoms with Crippen LogP contribution in [0.15, 0.2) is 22.6 Å². The summed E-state index contributed by atoms with van der Waals surface area (Å²) >= 11 is 0. The van der Waals surface area contributed by atoms with Crippen LogP contribution in [0.25, 0.3) is 0 Å². The molecule has 0 aliphatic heterocycles. The van der Waals surface area contributed by atoms with Crippen LogP contribution in [0.2, 0.25) is 0 Å². The summed E-state index contributed by atoms with van der Waals surface area (Å²) < 4.78 is 15.9. The highest BCUT2D eigenvalue weighted by Crippen LogP contribution is 2.27. The van der Waals surface area contributed by atoms with E-state index in [1.165, 1.54) is 0 Å². The van der Waals surface area contributed by atoms with Gasteiger partial charge in [0.05, 0.1) is 20.8 Å². The van der Waals surface area contributed by atoms with Gasteiger partial charge in [-0.15, -0.1) is 10.2 Å². The van der Waals surface area contributed by atoms with E-state index in [1.54, 1.807) is 14.2 Å². The lowest BCUT2D eigenvalue weighted by molar-refractivity contribution is 0.283. The van der Waals surface area contributed by atoms with Crippen molar-refractivity contribution >= 4 is 0 Å². The Morgan fingerprint density at radius 2 is 1.70 bits per heavy atom. The molecule has 0 spiro atoms. The Labute approximate surface area is 117 Å². The molecule has 0 unspecified atom stereocenters. The number of nitrogens with zero attached hydrogens (tertiary/aromatic N) is 2. The van der Waals surface area contributed by atoms with Crippen LogP contribution in [-0.4, -0.2) is 36.1 Å². The molecule has 0 bridgehead atoms. The molecule has 6 nitrogen and oxygen atoms in total. The number of aryl methyl sites for hydroxylation is 2. The van der Waals surface area contributed by atoms with Crippen molar-refractivity contribution in [2.45, 2.75) is 19.3 Å². The van der Waals surface area contributed by atoms with Crippen molar-refractivity contribution < 1.29 is 19.0 Å². The Hall–Kier alpha value is -2.08.